The van der Waals surface area contributed by atoms with E-state index in [4.69, 9.17) is 0 Å². The third-order valence-corrected chi connectivity index (χ3v) is 4.10. The third-order valence-electron chi connectivity index (χ3n) is 4.10. The van der Waals surface area contributed by atoms with E-state index in [2.05, 4.69) is 40.5 Å². The molecule has 2 rings (SSSR count). The number of urea groups is 1. The Labute approximate surface area is 128 Å². The molecule has 0 radical (unpaired) electrons. The second-order valence-corrected chi connectivity index (χ2v) is 6.16. The van der Waals surface area contributed by atoms with Crippen molar-refractivity contribution in [2.75, 3.05) is 40.3 Å². The van der Waals surface area contributed by atoms with Gasteiger partial charge in [-0.15, -0.1) is 0 Å². The van der Waals surface area contributed by atoms with Gasteiger partial charge in [-0.1, -0.05) is 30.3 Å². The summed E-state index contributed by atoms with van der Waals surface area (Å²) in [6.45, 7) is 3.36. The Bertz CT molecular complexity index is 425. The number of piperidine rings is 1. The normalized spacial score (nSPS) is 16.2. The highest BCUT2D eigenvalue weighted by Crippen LogP contribution is 2.21. The monoisotopic (exact) mass is 289 g/mol. The van der Waals surface area contributed by atoms with Gasteiger partial charge in [-0.3, -0.25) is 0 Å². The maximum absolute atomic E-state index is 12.0. The molecule has 21 heavy (non-hydrogen) atoms. The highest BCUT2D eigenvalue weighted by Gasteiger charge is 2.22. The number of benzene rings is 1. The number of nitrogens with one attached hydrogen (secondary N) is 1. The molecule has 1 aliphatic rings. The summed E-state index contributed by atoms with van der Waals surface area (Å²) in [4.78, 5) is 16.1. The molecule has 2 amide bonds. The molecular formula is C17H27N3O. The number of carbonyl (C=O) groups is 1. The quantitative estimate of drug-likeness (QED) is 0.902. The second kappa shape index (κ2) is 8.03. The molecule has 1 aliphatic heterocycles. The lowest BCUT2D eigenvalue weighted by atomic mass is 9.90. The number of likely N-dealkylation sites (N-methyl/N-ethyl adjacent to an activating group) is 1. The smallest absolute Gasteiger partial charge is 0.317 e. The van der Waals surface area contributed by atoms with E-state index in [9.17, 15) is 4.79 Å². The average Bonchev–Trinajstić information content (AvgIpc) is 2.48. The first-order valence-corrected chi connectivity index (χ1v) is 7.86. The van der Waals surface area contributed by atoms with Gasteiger partial charge in [-0.25, -0.2) is 4.79 Å². The van der Waals surface area contributed by atoms with Crippen molar-refractivity contribution in [3.63, 3.8) is 0 Å². The lowest BCUT2D eigenvalue weighted by Crippen LogP contribution is -2.46. The minimum atomic E-state index is 0.0926. The summed E-state index contributed by atoms with van der Waals surface area (Å²) < 4.78 is 0. The summed E-state index contributed by atoms with van der Waals surface area (Å²) in [5.41, 5.74) is 1.41. The van der Waals surface area contributed by atoms with Crippen molar-refractivity contribution in [2.24, 2.45) is 5.92 Å². The summed E-state index contributed by atoms with van der Waals surface area (Å²) >= 11 is 0. The van der Waals surface area contributed by atoms with Crippen molar-refractivity contribution >= 4 is 6.03 Å². The zero-order chi connectivity index (χ0) is 15.1. The van der Waals surface area contributed by atoms with Crippen LogP contribution in [0.4, 0.5) is 4.79 Å². The summed E-state index contributed by atoms with van der Waals surface area (Å²) in [7, 11) is 4.03. The van der Waals surface area contributed by atoms with E-state index in [0.717, 1.165) is 45.4 Å². The molecule has 1 fully saturated rings. The highest BCUT2D eigenvalue weighted by atomic mass is 16.2. The number of hydrogen-bond donors (Lipinski definition) is 1. The van der Waals surface area contributed by atoms with E-state index in [1.165, 1.54) is 5.56 Å². The standard InChI is InChI=1S/C17H27N3O/c1-19(2)13-10-18-17(21)20-11-8-16(9-12-20)14-15-6-4-3-5-7-15/h3-7,16H,8-14H2,1-2H3,(H,18,21). The molecule has 1 aromatic carbocycles. The molecule has 0 aliphatic carbocycles. The molecular weight excluding hydrogens is 262 g/mol. The van der Waals surface area contributed by atoms with Crippen molar-refractivity contribution in [3.05, 3.63) is 35.9 Å². The number of amides is 2. The van der Waals surface area contributed by atoms with Gasteiger partial charge in [-0.05, 0) is 44.8 Å². The van der Waals surface area contributed by atoms with Crippen molar-refractivity contribution in [3.8, 4) is 0 Å². The van der Waals surface area contributed by atoms with Crippen LogP contribution >= 0.6 is 0 Å². The van der Waals surface area contributed by atoms with Crippen molar-refractivity contribution < 1.29 is 4.79 Å². The molecule has 0 bridgehead atoms. The Morgan fingerprint density at radius 3 is 2.52 bits per heavy atom. The molecule has 1 aromatic rings. The first-order valence-electron chi connectivity index (χ1n) is 7.86. The zero-order valence-corrected chi connectivity index (χ0v) is 13.2. The fourth-order valence-corrected chi connectivity index (χ4v) is 2.79. The van der Waals surface area contributed by atoms with Crippen LogP contribution in [0.1, 0.15) is 18.4 Å². The summed E-state index contributed by atoms with van der Waals surface area (Å²) in [5.74, 6) is 0.707. The fraction of sp³-hybridized carbons (Fsp3) is 0.588. The van der Waals surface area contributed by atoms with Crippen LogP contribution in [0.2, 0.25) is 0 Å². The number of carbonyl (C=O) groups excluding carboxylic acids is 1. The largest absolute Gasteiger partial charge is 0.337 e. The van der Waals surface area contributed by atoms with Gasteiger partial charge < -0.3 is 15.1 Å². The number of rotatable bonds is 5. The van der Waals surface area contributed by atoms with Crippen LogP contribution in [0.25, 0.3) is 0 Å². The Kier molecular flexibility index (Phi) is 6.05. The Balaban J connectivity index is 1.69. The van der Waals surface area contributed by atoms with Gasteiger partial charge in [0, 0.05) is 26.2 Å². The fourth-order valence-electron chi connectivity index (χ4n) is 2.79. The molecule has 1 saturated heterocycles. The SMILES string of the molecule is CN(C)CCNC(=O)N1CCC(Cc2ccccc2)CC1. The average molecular weight is 289 g/mol. The van der Waals surface area contributed by atoms with Gasteiger partial charge in [0.25, 0.3) is 0 Å². The molecule has 0 aromatic heterocycles. The predicted molar refractivity (Wildman–Crippen MR) is 86.4 cm³/mol. The lowest BCUT2D eigenvalue weighted by molar-refractivity contribution is 0.169. The molecule has 0 unspecified atom stereocenters. The molecule has 116 valence electrons. The topological polar surface area (TPSA) is 35.6 Å². The number of hydrogen-bond acceptors (Lipinski definition) is 2. The van der Waals surface area contributed by atoms with E-state index in [-0.39, 0.29) is 6.03 Å². The molecule has 4 heteroatoms. The maximum atomic E-state index is 12.0. The maximum Gasteiger partial charge on any atom is 0.317 e. The van der Waals surface area contributed by atoms with Gasteiger partial charge in [-0.2, -0.15) is 0 Å². The number of likely N-dealkylation sites (tertiary alicyclic amines) is 1. The van der Waals surface area contributed by atoms with Crippen LogP contribution in [0.15, 0.2) is 30.3 Å². The minimum Gasteiger partial charge on any atom is -0.337 e. The van der Waals surface area contributed by atoms with E-state index in [1.807, 2.05) is 19.0 Å². The van der Waals surface area contributed by atoms with Crippen LogP contribution in [-0.4, -0.2) is 56.1 Å². The molecule has 4 nitrogen and oxygen atoms in total. The molecule has 0 saturated carbocycles. The van der Waals surface area contributed by atoms with Crippen molar-refractivity contribution in [2.45, 2.75) is 19.3 Å². The van der Waals surface area contributed by atoms with Crippen molar-refractivity contribution in [1.29, 1.82) is 0 Å². The van der Waals surface area contributed by atoms with Gasteiger partial charge in [0.2, 0.25) is 0 Å². The van der Waals surface area contributed by atoms with Crippen LogP contribution in [-0.2, 0) is 6.42 Å². The van der Waals surface area contributed by atoms with Gasteiger partial charge >= 0.3 is 6.03 Å². The van der Waals surface area contributed by atoms with Gasteiger partial charge in [0.1, 0.15) is 0 Å². The van der Waals surface area contributed by atoms with Gasteiger partial charge in [0.05, 0.1) is 0 Å². The predicted octanol–water partition coefficient (Wildman–Crippen LogP) is 2.21. The molecule has 1 heterocycles. The van der Waals surface area contributed by atoms with Crippen molar-refractivity contribution in [1.82, 2.24) is 15.1 Å². The second-order valence-electron chi connectivity index (χ2n) is 6.16. The summed E-state index contributed by atoms with van der Waals surface area (Å²) in [6, 6.07) is 10.7. The first kappa shape index (κ1) is 15.8. The number of nitrogens with zero attached hydrogens (tertiary/aromatic N) is 2. The first-order chi connectivity index (χ1) is 10.1. The summed E-state index contributed by atoms with van der Waals surface area (Å²) in [5, 5.41) is 2.99. The van der Waals surface area contributed by atoms with Gasteiger partial charge in [0.15, 0.2) is 0 Å². The molecule has 0 spiro atoms. The minimum absolute atomic E-state index is 0.0926. The Hall–Kier alpha value is -1.55. The van der Waals surface area contributed by atoms with Crippen LogP contribution < -0.4 is 5.32 Å². The third kappa shape index (κ3) is 5.38. The van der Waals surface area contributed by atoms with E-state index < -0.39 is 0 Å². The lowest BCUT2D eigenvalue weighted by Gasteiger charge is -2.32. The van der Waals surface area contributed by atoms with Crippen LogP contribution in [0.5, 0.6) is 0 Å². The summed E-state index contributed by atoms with van der Waals surface area (Å²) in [6.07, 6.45) is 3.35. The zero-order valence-electron chi connectivity index (χ0n) is 13.2. The van der Waals surface area contributed by atoms with E-state index in [0.29, 0.717) is 5.92 Å². The van der Waals surface area contributed by atoms with Crippen LogP contribution in [0.3, 0.4) is 0 Å². The Morgan fingerprint density at radius 2 is 1.90 bits per heavy atom. The highest BCUT2D eigenvalue weighted by molar-refractivity contribution is 5.74. The Morgan fingerprint density at radius 1 is 1.24 bits per heavy atom. The molecule has 0 atom stereocenters. The van der Waals surface area contributed by atoms with E-state index >= 15 is 0 Å². The van der Waals surface area contributed by atoms with E-state index in [1.54, 1.807) is 0 Å². The van der Waals surface area contributed by atoms with Crippen LogP contribution in [0, 0.1) is 5.92 Å². The molecule has 1 N–H and O–H groups in total.